The van der Waals surface area contributed by atoms with E-state index in [1.54, 1.807) is 0 Å². The van der Waals surface area contributed by atoms with Gasteiger partial charge in [0.2, 0.25) is 11.8 Å². The fraction of sp³-hybridized carbons (Fsp3) is 0.882. The molecule has 4 heterocycles. The van der Waals surface area contributed by atoms with Crippen LogP contribution in [0.5, 0.6) is 0 Å². The average Bonchev–Trinajstić information content (AvgIpc) is 3.24. The van der Waals surface area contributed by atoms with Gasteiger partial charge >= 0.3 is 11.9 Å². The van der Waals surface area contributed by atoms with Crippen molar-refractivity contribution < 1.29 is 139 Å². The molecule has 4 fully saturated rings. The highest BCUT2D eigenvalue weighted by Crippen LogP contribution is 2.36. The van der Waals surface area contributed by atoms with Gasteiger partial charge in [-0.1, -0.05) is 0 Å². The molecule has 0 spiro atoms. The molecule has 4 aliphatic heterocycles. The second-order valence-corrected chi connectivity index (χ2v) is 15.3. The molecule has 0 aliphatic carbocycles. The number of ether oxygens (including phenoxy) is 8. The summed E-state index contributed by atoms with van der Waals surface area (Å²) in [4.78, 5) is 49.3. The minimum atomic E-state index is -2.54. The molecule has 30 heteroatoms. The molecule has 0 saturated carbocycles. The van der Waals surface area contributed by atoms with Crippen LogP contribution in [0.1, 0.15) is 13.8 Å². The number of carbonyl (C=O) groups is 4. The first kappa shape index (κ1) is 53.6. The second kappa shape index (κ2) is 23.1. The van der Waals surface area contributed by atoms with Crippen LogP contribution in [0.25, 0.3) is 0 Å². The third kappa shape index (κ3) is 11.9. The molecule has 24 atom stereocenters. The zero-order valence-corrected chi connectivity index (χ0v) is 33.7. The van der Waals surface area contributed by atoms with Gasteiger partial charge in [0.15, 0.2) is 37.4 Å². The van der Waals surface area contributed by atoms with Gasteiger partial charge in [0.1, 0.15) is 110 Å². The van der Waals surface area contributed by atoms with Gasteiger partial charge in [-0.05, 0) is 0 Å². The second-order valence-electron chi connectivity index (χ2n) is 15.3. The summed E-state index contributed by atoms with van der Waals surface area (Å²) in [5, 5.41) is 171. The zero-order valence-electron chi connectivity index (χ0n) is 33.7. The minimum absolute atomic E-state index is 0.824. The molecular formula is C34H56N2O28. The van der Waals surface area contributed by atoms with E-state index in [4.69, 9.17) is 37.9 Å². The van der Waals surface area contributed by atoms with Crippen molar-refractivity contribution in [1.29, 1.82) is 0 Å². The Morgan fingerprint density at radius 1 is 0.516 bits per heavy atom. The molecule has 0 unspecified atom stereocenters. The number of rotatable bonds is 19. The summed E-state index contributed by atoms with van der Waals surface area (Å²) in [6.07, 6.45) is -48.0. The number of amides is 2. The van der Waals surface area contributed by atoms with Crippen LogP contribution < -0.4 is 10.6 Å². The van der Waals surface area contributed by atoms with Gasteiger partial charge in [-0.3, -0.25) is 9.59 Å². The van der Waals surface area contributed by atoms with Crippen LogP contribution in [0.4, 0.5) is 0 Å². The fourth-order valence-electron chi connectivity index (χ4n) is 7.33. The van der Waals surface area contributed by atoms with Gasteiger partial charge in [0, 0.05) is 13.8 Å². The number of nitrogens with one attached hydrogen (secondary N) is 2. The number of carboxylic acids is 2. The number of hydrogen-bond donors (Lipinski definition) is 18. The number of aliphatic hydroxyl groups is 14. The van der Waals surface area contributed by atoms with E-state index < -0.39 is 197 Å². The maximum atomic E-state index is 12.7. The molecule has 30 nitrogen and oxygen atoms in total. The lowest BCUT2D eigenvalue weighted by Gasteiger charge is -2.49. The molecule has 64 heavy (non-hydrogen) atoms. The first-order valence-corrected chi connectivity index (χ1v) is 19.5. The van der Waals surface area contributed by atoms with Crippen molar-refractivity contribution in [3.63, 3.8) is 0 Å². The molecule has 0 radical (unpaired) electrons. The minimum Gasteiger partial charge on any atom is -0.479 e. The van der Waals surface area contributed by atoms with E-state index in [1.807, 2.05) is 0 Å². The highest BCUT2D eigenvalue weighted by molar-refractivity contribution is 5.74. The summed E-state index contributed by atoms with van der Waals surface area (Å²) < 4.78 is 44.4. The molecule has 0 bridgehead atoms. The Kier molecular flexibility index (Phi) is 19.4. The van der Waals surface area contributed by atoms with Crippen LogP contribution >= 0.6 is 0 Å². The molecule has 0 aromatic heterocycles. The maximum absolute atomic E-state index is 12.7. The van der Waals surface area contributed by atoms with E-state index in [1.165, 1.54) is 0 Å². The Morgan fingerprint density at radius 2 is 0.938 bits per heavy atom. The first-order valence-electron chi connectivity index (χ1n) is 19.5. The van der Waals surface area contributed by atoms with E-state index in [0.717, 1.165) is 13.8 Å². The molecule has 4 saturated heterocycles. The van der Waals surface area contributed by atoms with E-state index in [9.17, 15) is 101 Å². The Bertz CT molecular complexity index is 1550. The lowest BCUT2D eigenvalue weighted by atomic mass is 9.94. The van der Waals surface area contributed by atoms with Crippen LogP contribution in [0.2, 0.25) is 0 Å². The maximum Gasteiger partial charge on any atom is 0.335 e. The van der Waals surface area contributed by atoms with Crippen molar-refractivity contribution in [2.75, 3.05) is 26.4 Å². The van der Waals surface area contributed by atoms with Gasteiger partial charge in [-0.25, -0.2) is 9.59 Å². The van der Waals surface area contributed by atoms with E-state index in [0.29, 0.717) is 0 Å². The average molecular weight is 941 g/mol. The van der Waals surface area contributed by atoms with Crippen molar-refractivity contribution in [1.82, 2.24) is 10.6 Å². The predicted octanol–water partition coefficient (Wildman–Crippen LogP) is -11.8. The number of carboxylic acid groups (broad SMARTS) is 2. The summed E-state index contributed by atoms with van der Waals surface area (Å²) >= 11 is 0. The summed E-state index contributed by atoms with van der Waals surface area (Å²) in [7, 11) is 0. The van der Waals surface area contributed by atoms with E-state index >= 15 is 0 Å². The van der Waals surface area contributed by atoms with Crippen LogP contribution in [0.15, 0.2) is 0 Å². The standard InChI is InChI=1S/C34H56N2O28/c1-7(41)35-13-19(48)17(46)11(5-39)57-31(13)60-24-21(50)22(51)33(63-27(24)29(53)54)62-26-23(52)25(61-32-14(36-8(2)42)20(49)18(47)12(6-40)58-32)28(30(55)56)64-34(26)59-10(4-38)16(45)15(44)9(43)3-37/h9-28,31-34,37-40,43-52H,3-6H2,1-2H3,(H,35,41)(H,36,42)(H,53,54)(H,55,56)/t9-,10+,11-,12-,13-,14-,15+,16-,17-,18-,19-,20-,21-,22-,23+,24+,25+,26-,27+,28+,31-,32-,33+,34+/m1/s1. The third-order valence-electron chi connectivity index (χ3n) is 10.7. The van der Waals surface area contributed by atoms with Gasteiger partial charge < -0.3 is 130 Å². The van der Waals surface area contributed by atoms with Crippen molar-refractivity contribution >= 4 is 23.8 Å². The quantitative estimate of drug-likeness (QED) is 0.0572. The van der Waals surface area contributed by atoms with Crippen molar-refractivity contribution in [2.45, 2.75) is 161 Å². The molecule has 0 aromatic carbocycles. The Balaban J connectivity index is 1.73. The lowest BCUT2D eigenvalue weighted by Crippen LogP contribution is -2.70. The van der Waals surface area contributed by atoms with Crippen LogP contribution in [0, 0.1) is 0 Å². The van der Waals surface area contributed by atoms with Crippen LogP contribution in [-0.4, -0.2) is 279 Å². The molecule has 0 aromatic rings. The summed E-state index contributed by atoms with van der Waals surface area (Å²) in [6, 6.07) is -3.46. The SMILES string of the molecule is CC(=O)N[C@H]1[C@@H](O[C@H]2[C@H](O)[C@@H](O)[C@@H](O[C@H]3[C@@H](O[C@@H](CO)[C@@H](O)[C@@H](O)[C@H](O)CO)O[C@H](C(=O)O)[C@@H](O[C@H]4O[C@H](CO)[C@@H](O)[C@H](O)[C@H]4NC(C)=O)[C@@H]3O)O[C@@H]2C(=O)O)O[C@H](CO)[C@@H](O)[C@@H]1O. The van der Waals surface area contributed by atoms with Crippen LogP contribution in [-0.2, 0) is 57.1 Å². The van der Waals surface area contributed by atoms with Gasteiger partial charge in [0.25, 0.3) is 0 Å². The summed E-state index contributed by atoms with van der Waals surface area (Å²) in [6.45, 7) is -2.40. The van der Waals surface area contributed by atoms with Gasteiger partial charge in [-0.2, -0.15) is 0 Å². The first-order chi connectivity index (χ1) is 30.0. The zero-order chi connectivity index (χ0) is 48.1. The predicted molar refractivity (Wildman–Crippen MR) is 193 cm³/mol. The summed E-state index contributed by atoms with van der Waals surface area (Å²) in [5.74, 6) is -5.62. The molecule has 18 N–H and O–H groups in total. The number of carbonyl (C=O) groups excluding carboxylic acids is 2. The normalized spacial score (nSPS) is 42.4. The van der Waals surface area contributed by atoms with Gasteiger partial charge in [0.05, 0.1) is 26.4 Å². The fourth-order valence-corrected chi connectivity index (χ4v) is 7.33. The Hall–Kier alpha value is -3.00. The molecule has 4 rings (SSSR count). The number of aliphatic carboxylic acids is 2. The number of hydrogen-bond acceptors (Lipinski definition) is 26. The monoisotopic (exact) mass is 940 g/mol. The topological polar surface area (TPSA) is 490 Å². The van der Waals surface area contributed by atoms with Crippen molar-refractivity contribution in [2.24, 2.45) is 0 Å². The molecule has 4 aliphatic rings. The van der Waals surface area contributed by atoms with E-state index in [2.05, 4.69) is 10.6 Å². The van der Waals surface area contributed by atoms with Gasteiger partial charge in [-0.15, -0.1) is 0 Å². The highest BCUT2D eigenvalue weighted by atomic mass is 16.8. The summed E-state index contributed by atoms with van der Waals surface area (Å²) in [5.41, 5.74) is 0. The third-order valence-corrected chi connectivity index (χ3v) is 10.7. The van der Waals surface area contributed by atoms with Crippen molar-refractivity contribution in [3.05, 3.63) is 0 Å². The smallest absolute Gasteiger partial charge is 0.335 e. The van der Waals surface area contributed by atoms with Crippen LogP contribution in [0.3, 0.4) is 0 Å². The largest absolute Gasteiger partial charge is 0.479 e. The molecular weight excluding hydrogens is 884 g/mol. The highest BCUT2D eigenvalue weighted by Gasteiger charge is 2.58. The Labute approximate surface area is 360 Å². The molecule has 2 amide bonds. The lowest BCUT2D eigenvalue weighted by molar-refractivity contribution is -0.389. The Morgan fingerprint density at radius 3 is 1.33 bits per heavy atom. The number of aliphatic hydroxyl groups excluding tert-OH is 14. The van der Waals surface area contributed by atoms with Crippen molar-refractivity contribution in [3.8, 4) is 0 Å². The molecule has 370 valence electrons. The van der Waals surface area contributed by atoms with E-state index in [-0.39, 0.29) is 0 Å².